The van der Waals surface area contributed by atoms with Crippen LogP contribution in [0.4, 0.5) is 0 Å². The van der Waals surface area contributed by atoms with Crippen LogP contribution in [0.2, 0.25) is 0 Å². The van der Waals surface area contributed by atoms with Gasteiger partial charge in [-0.05, 0) is 38.9 Å². The Morgan fingerprint density at radius 1 is 1.12 bits per heavy atom. The van der Waals surface area contributed by atoms with E-state index >= 15 is 0 Å². The summed E-state index contributed by atoms with van der Waals surface area (Å²) in [6, 6.07) is 0. The largest absolute Gasteiger partial charge is 0.393 e. The van der Waals surface area contributed by atoms with Crippen LogP contribution in [0.1, 0.15) is 33.1 Å². The summed E-state index contributed by atoms with van der Waals surface area (Å²) in [7, 11) is 2.18. The number of rotatable bonds is 7. The molecule has 96 valence electrons. The van der Waals surface area contributed by atoms with E-state index in [4.69, 9.17) is 0 Å². The number of nitrogens with zero attached hydrogens (tertiary/aromatic N) is 2. The van der Waals surface area contributed by atoms with E-state index in [1.54, 1.807) is 0 Å². The SMILES string of the molecule is CCN(CC)CCN(C)CC1CCCC1O. The first-order chi connectivity index (χ1) is 7.67. The normalized spacial score (nSPS) is 25.9. The predicted molar refractivity (Wildman–Crippen MR) is 68.6 cm³/mol. The molecule has 1 rings (SSSR count). The summed E-state index contributed by atoms with van der Waals surface area (Å²) < 4.78 is 0. The zero-order chi connectivity index (χ0) is 12.0. The molecule has 2 unspecified atom stereocenters. The van der Waals surface area contributed by atoms with E-state index in [0.29, 0.717) is 5.92 Å². The van der Waals surface area contributed by atoms with Crippen molar-refractivity contribution in [2.45, 2.75) is 39.2 Å². The second-order valence-electron chi connectivity index (χ2n) is 5.05. The molecule has 16 heavy (non-hydrogen) atoms. The van der Waals surface area contributed by atoms with Crippen LogP contribution >= 0.6 is 0 Å². The molecular formula is C13H28N2O. The molecule has 3 heteroatoms. The third kappa shape index (κ3) is 4.40. The van der Waals surface area contributed by atoms with Crippen LogP contribution in [0.3, 0.4) is 0 Å². The van der Waals surface area contributed by atoms with Gasteiger partial charge in [-0.25, -0.2) is 0 Å². The van der Waals surface area contributed by atoms with Crippen molar-refractivity contribution in [3.05, 3.63) is 0 Å². The molecule has 0 amide bonds. The van der Waals surface area contributed by atoms with Crippen molar-refractivity contribution in [1.82, 2.24) is 9.80 Å². The monoisotopic (exact) mass is 228 g/mol. The number of likely N-dealkylation sites (N-methyl/N-ethyl adjacent to an activating group) is 2. The second-order valence-corrected chi connectivity index (χ2v) is 5.05. The summed E-state index contributed by atoms with van der Waals surface area (Å²) in [5.74, 6) is 0.515. The lowest BCUT2D eigenvalue weighted by atomic mass is 10.1. The Morgan fingerprint density at radius 2 is 1.81 bits per heavy atom. The molecule has 0 aromatic carbocycles. The topological polar surface area (TPSA) is 26.7 Å². The van der Waals surface area contributed by atoms with E-state index in [9.17, 15) is 5.11 Å². The Bertz CT molecular complexity index is 183. The van der Waals surface area contributed by atoms with Crippen LogP contribution in [0, 0.1) is 5.92 Å². The van der Waals surface area contributed by atoms with Gasteiger partial charge in [0.25, 0.3) is 0 Å². The van der Waals surface area contributed by atoms with E-state index in [1.807, 2.05) is 0 Å². The average Bonchev–Trinajstić information content (AvgIpc) is 2.66. The summed E-state index contributed by atoms with van der Waals surface area (Å²) in [6.07, 6.45) is 3.37. The Balaban J connectivity index is 2.17. The van der Waals surface area contributed by atoms with Gasteiger partial charge in [-0.15, -0.1) is 0 Å². The maximum atomic E-state index is 9.77. The molecule has 1 N–H and O–H groups in total. The maximum Gasteiger partial charge on any atom is 0.0580 e. The Morgan fingerprint density at radius 3 is 2.31 bits per heavy atom. The first-order valence-corrected chi connectivity index (χ1v) is 6.76. The highest BCUT2D eigenvalue weighted by Crippen LogP contribution is 2.25. The fourth-order valence-electron chi connectivity index (χ4n) is 2.57. The predicted octanol–water partition coefficient (Wildman–Crippen LogP) is 1.42. The van der Waals surface area contributed by atoms with Crippen LogP contribution in [0.5, 0.6) is 0 Å². The molecule has 1 aliphatic rings. The smallest absolute Gasteiger partial charge is 0.0580 e. The molecule has 0 spiro atoms. The summed E-state index contributed by atoms with van der Waals surface area (Å²) in [4.78, 5) is 4.82. The fourth-order valence-corrected chi connectivity index (χ4v) is 2.57. The first-order valence-electron chi connectivity index (χ1n) is 6.76. The van der Waals surface area contributed by atoms with Gasteiger partial charge < -0.3 is 14.9 Å². The highest BCUT2D eigenvalue weighted by Gasteiger charge is 2.25. The Kier molecular flexibility index (Phi) is 6.32. The van der Waals surface area contributed by atoms with Gasteiger partial charge >= 0.3 is 0 Å². The molecule has 1 saturated carbocycles. The van der Waals surface area contributed by atoms with Crippen molar-refractivity contribution < 1.29 is 5.11 Å². The minimum absolute atomic E-state index is 0.0455. The van der Waals surface area contributed by atoms with E-state index in [0.717, 1.165) is 39.1 Å². The van der Waals surface area contributed by atoms with Crippen LogP contribution in [-0.2, 0) is 0 Å². The lowest BCUT2D eigenvalue weighted by Crippen LogP contribution is -2.36. The van der Waals surface area contributed by atoms with Gasteiger partial charge in [-0.3, -0.25) is 0 Å². The van der Waals surface area contributed by atoms with Crippen LogP contribution in [0.15, 0.2) is 0 Å². The quantitative estimate of drug-likeness (QED) is 0.714. The fraction of sp³-hybridized carbons (Fsp3) is 1.00. The summed E-state index contributed by atoms with van der Waals surface area (Å²) in [5, 5.41) is 9.77. The molecular weight excluding hydrogens is 200 g/mol. The number of hydrogen-bond donors (Lipinski definition) is 1. The third-order valence-electron chi connectivity index (χ3n) is 3.86. The molecule has 0 saturated heterocycles. The van der Waals surface area contributed by atoms with Crippen molar-refractivity contribution >= 4 is 0 Å². The molecule has 0 aromatic rings. The highest BCUT2D eigenvalue weighted by atomic mass is 16.3. The molecule has 0 heterocycles. The minimum Gasteiger partial charge on any atom is -0.393 e. The lowest BCUT2D eigenvalue weighted by molar-refractivity contribution is 0.106. The zero-order valence-electron chi connectivity index (χ0n) is 11.2. The van der Waals surface area contributed by atoms with Gasteiger partial charge in [0.1, 0.15) is 0 Å². The minimum atomic E-state index is -0.0455. The summed E-state index contributed by atoms with van der Waals surface area (Å²) >= 11 is 0. The van der Waals surface area contributed by atoms with E-state index in [1.165, 1.54) is 12.8 Å². The van der Waals surface area contributed by atoms with Crippen molar-refractivity contribution in [3.8, 4) is 0 Å². The zero-order valence-corrected chi connectivity index (χ0v) is 11.2. The molecule has 1 fully saturated rings. The third-order valence-corrected chi connectivity index (χ3v) is 3.86. The second kappa shape index (κ2) is 7.25. The Labute approximate surface area is 100 Å². The van der Waals surface area contributed by atoms with Gasteiger partial charge in [0.2, 0.25) is 0 Å². The molecule has 1 aliphatic carbocycles. The van der Waals surface area contributed by atoms with Gasteiger partial charge in [0.15, 0.2) is 0 Å². The van der Waals surface area contributed by atoms with Crippen LogP contribution in [-0.4, -0.2) is 60.8 Å². The summed E-state index contributed by atoms with van der Waals surface area (Å²) in [6.45, 7) is 10.0. The molecule has 0 bridgehead atoms. The highest BCUT2D eigenvalue weighted by molar-refractivity contribution is 4.78. The van der Waals surface area contributed by atoms with Crippen molar-refractivity contribution in [2.24, 2.45) is 5.92 Å². The first kappa shape index (κ1) is 13.9. The van der Waals surface area contributed by atoms with Crippen molar-refractivity contribution in [1.29, 1.82) is 0 Å². The number of aliphatic hydroxyl groups is 1. The van der Waals surface area contributed by atoms with Crippen LogP contribution < -0.4 is 0 Å². The number of aliphatic hydroxyl groups excluding tert-OH is 1. The van der Waals surface area contributed by atoms with Gasteiger partial charge in [0.05, 0.1) is 6.10 Å². The van der Waals surface area contributed by atoms with Gasteiger partial charge in [-0.1, -0.05) is 20.3 Å². The van der Waals surface area contributed by atoms with Crippen LogP contribution in [0.25, 0.3) is 0 Å². The molecule has 2 atom stereocenters. The molecule has 0 aromatic heterocycles. The van der Waals surface area contributed by atoms with Crippen molar-refractivity contribution in [3.63, 3.8) is 0 Å². The van der Waals surface area contributed by atoms with E-state index in [-0.39, 0.29) is 6.10 Å². The molecule has 0 aliphatic heterocycles. The molecule has 0 radical (unpaired) electrons. The number of hydrogen-bond acceptors (Lipinski definition) is 3. The van der Waals surface area contributed by atoms with Gasteiger partial charge in [0, 0.05) is 19.6 Å². The van der Waals surface area contributed by atoms with Gasteiger partial charge in [-0.2, -0.15) is 0 Å². The maximum absolute atomic E-state index is 9.77. The molecule has 3 nitrogen and oxygen atoms in total. The standard InChI is InChI=1S/C13H28N2O/c1-4-15(5-2)10-9-14(3)11-12-7-6-8-13(12)16/h12-13,16H,4-11H2,1-3H3. The average molecular weight is 228 g/mol. The summed E-state index contributed by atoms with van der Waals surface area (Å²) in [5.41, 5.74) is 0. The lowest BCUT2D eigenvalue weighted by Gasteiger charge is -2.26. The van der Waals surface area contributed by atoms with E-state index in [2.05, 4.69) is 30.7 Å². The Hall–Kier alpha value is -0.120. The van der Waals surface area contributed by atoms with E-state index < -0.39 is 0 Å². The van der Waals surface area contributed by atoms with Crippen molar-refractivity contribution in [2.75, 3.05) is 39.8 Å².